The lowest BCUT2D eigenvalue weighted by molar-refractivity contribution is -0.141. The molecular weight excluding hydrogens is 398 g/mol. The Bertz CT molecular complexity index is 894. The van der Waals surface area contributed by atoms with Gasteiger partial charge in [-0.3, -0.25) is 9.59 Å². The molecule has 0 bridgehead atoms. The van der Waals surface area contributed by atoms with E-state index in [0.29, 0.717) is 19.4 Å². The normalized spacial score (nSPS) is 11.9. The molecule has 0 aliphatic rings. The van der Waals surface area contributed by atoms with E-state index in [1.54, 1.807) is 6.92 Å². The predicted octanol–water partition coefficient (Wildman–Crippen LogP) is 6.28. The van der Waals surface area contributed by atoms with Gasteiger partial charge in [0.15, 0.2) is 0 Å². The van der Waals surface area contributed by atoms with Crippen molar-refractivity contribution in [3.8, 4) is 11.1 Å². The standard InChI is InChI=1S/C28H39NO3/c1-6-9-10-14-27(30)29(5)19-21-12-11-13-24(16-21)25-17-22(7-2)26(23(8-3)18-25)15-20(4)28(31)32/h11-13,16-18,20H,6-10,14-15,19H2,1-5H3,(H,31,32). The molecule has 1 amide bonds. The summed E-state index contributed by atoms with van der Waals surface area (Å²) in [5.41, 5.74) is 7.04. The van der Waals surface area contributed by atoms with Crippen molar-refractivity contribution < 1.29 is 14.7 Å². The number of amides is 1. The van der Waals surface area contributed by atoms with E-state index in [-0.39, 0.29) is 5.91 Å². The first-order chi connectivity index (χ1) is 15.3. The highest BCUT2D eigenvalue weighted by atomic mass is 16.4. The molecule has 0 aromatic heterocycles. The van der Waals surface area contributed by atoms with Gasteiger partial charge in [0.2, 0.25) is 5.91 Å². The minimum Gasteiger partial charge on any atom is -0.481 e. The molecule has 0 aliphatic heterocycles. The molecule has 0 saturated heterocycles. The van der Waals surface area contributed by atoms with Gasteiger partial charge in [-0.25, -0.2) is 0 Å². The van der Waals surface area contributed by atoms with Gasteiger partial charge < -0.3 is 10.0 Å². The van der Waals surface area contributed by atoms with Gasteiger partial charge in [-0.1, -0.05) is 70.9 Å². The summed E-state index contributed by atoms with van der Waals surface area (Å²) < 4.78 is 0. The summed E-state index contributed by atoms with van der Waals surface area (Å²) in [5.74, 6) is -0.952. The molecule has 0 spiro atoms. The zero-order valence-corrected chi connectivity index (χ0v) is 20.4. The molecule has 0 radical (unpaired) electrons. The first-order valence-electron chi connectivity index (χ1n) is 12.0. The molecule has 174 valence electrons. The topological polar surface area (TPSA) is 57.6 Å². The van der Waals surface area contributed by atoms with E-state index in [1.807, 2.05) is 11.9 Å². The molecule has 1 unspecified atom stereocenters. The number of carbonyl (C=O) groups is 2. The molecule has 0 aliphatic carbocycles. The predicted molar refractivity (Wildman–Crippen MR) is 132 cm³/mol. The Labute approximate surface area is 193 Å². The van der Waals surface area contributed by atoms with Crippen LogP contribution < -0.4 is 0 Å². The van der Waals surface area contributed by atoms with Crippen LogP contribution in [0.15, 0.2) is 36.4 Å². The van der Waals surface area contributed by atoms with Crippen molar-refractivity contribution in [2.24, 2.45) is 5.92 Å². The lowest BCUT2D eigenvalue weighted by Gasteiger charge is -2.19. The van der Waals surface area contributed by atoms with Crippen LogP contribution in [0.25, 0.3) is 11.1 Å². The highest BCUT2D eigenvalue weighted by Gasteiger charge is 2.17. The number of unbranched alkanes of at least 4 members (excludes halogenated alkanes) is 2. The van der Waals surface area contributed by atoms with Crippen molar-refractivity contribution in [3.05, 3.63) is 58.7 Å². The number of aliphatic carboxylic acids is 1. The summed E-state index contributed by atoms with van der Waals surface area (Å²) >= 11 is 0. The molecule has 0 fully saturated rings. The fraction of sp³-hybridized carbons (Fsp3) is 0.500. The third-order valence-electron chi connectivity index (χ3n) is 6.23. The number of carboxylic acids is 1. The summed E-state index contributed by atoms with van der Waals surface area (Å²) in [7, 11) is 1.88. The maximum Gasteiger partial charge on any atom is 0.306 e. The molecule has 1 atom stereocenters. The summed E-state index contributed by atoms with van der Waals surface area (Å²) in [6.45, 7) is 8.78. The van der Waals surface area contributed by atoms with E-state index in [9.17, 15) is 14.7 Å². The maximum absolute atomic E-state index is 12.4. The van der Waals surface area contributed by atoms with Crippen molar-refractivity contribution in [3.63, 3.8) is 0 Å². The second-order valence-electron chi connectivity index (χ2n) is 8.83. The fourth-order valence-electron chi connectivity index (χ4n) is 4.18. The number of hydrogen-bond acceptors (Lipinski definition) is 2. The van der Waals surface area contributed by atoms with Crippen molar-refractivity contribution in [2.45, 2.75) is 79.2 Å². The Hall–Kier alpha value is -2.62. The van der Waals surface area contributed by atoms with Crippen molar-refractivity contribution in [1.82, 2.24) is 4.90 Å². The quantitative estimate of drug-likeness (QED) is 0.398. The Balaban J connectivity index is 2.28. The molecule has 4 nitrogen and oxygen atoms in total. The van der Waals surface area contributed by atoms with E-state index in [2.05, 4.69) is 57.2 Å². The van der Waals surface area contributed by atoms with E-state index in [4.69, 9.17) is 0 Å². The molecule has 0 saturated carbocycles. The molecule has 1 N–H and O–H groups in total. The van der Waals surface area contributed by atoms with Crippen LogP contribution in [0, 0.1) is 5.92 Å². The van der Waals surface area contributed by atoms with Crippen LogP contribution in [0.5, 0.6) is 0 Å². The van der Waals surface area contributed by atoms with Gasteiger partial charge in [-0.15, -0.1) is 0 Å². The number of carbonyl (C=O) groups excluding carboxylic acids is 1. The number of aryl methyl sites for hydroxylation is 2. The first kappa shape index (κ1) is 25.6. The highest BCUT2D eigenvalue weighted by Crippen LogP contribution is 2.29. The SMILES string of the molecule is CCCCCC(=O)N(C)Cc1cccc(-c2cc(CC)c(CC(C)C(=O)O)c(CC)c2)c1. The molecule has 2 aromatic carbocycles. The molecule has 2 aromatic rings. The second-order valence-corrected chi connectivity index (χ2v) is 8.83. The van der Waals surface area contributed by atoms with Gasteiger partial charge in [0.1, 0.15) is 0 Å². The van der Waals surface area contributed by atoms with Crippen LogP contribution in [0.2, 0.25) is 0 Å². The van der Waals surface area contributed by atoms with Crippen LogP contribution in [-0.2, 0) is 35.4 Å². The number of rotatable bonds is 12. The first-order valence-corrected chi connectivity index (χ1v) is 12.0. The molecule has 4 heteroatoms. The molecule has 2 rings (SSSR count). The van der Waals surface area contributed by atoms with E-state index in [0.717, 1.165) is 48.8 Å². The summed E-state index contributed by atoms with van der Waals surface area (Å²) in [6.07, 6.45) is 6.08. The minimum atomic E-state index is -0.751. The summed E-state index contributed by atoms with van der Waals surface area (Å²) in [5, 5.41) is 9.38. The van der Waals surface area contributed by atoms with Crippen LogP contribution in [0.4, 0.5) is 0 Å². The lowest BCUT2D eigenvalue weighted by atomic mass is 9.87. The second kappa shape index (κ2) is 12.4. The van der Waals surface area contributed by atoms with Crippen molar-refractivity contribution in [2.75, 3.05) is 7.05 Å². The smallest absolute Gasteiger partial charge is 0.306 e. The number of nitrogens with zero attached hydrogens (tertiary/aromatic N) is 1. The van der Waals surface area contributed by atoms with Crippen LogP contribution in [0.1, 0.15) is 75.6 Å². The summed E-state index contributed by atoms with van der Waals surface area (Å²) in [6, 6.07) is 12.8. The Kier molecular flexibility index (Phi) is 9.96. The van der Waals surface area contributed by atoms with E-state index >= 15 is 0 Å². The Morgan fingerprint density at radius 1 is 0.969 bits per heavy atom. The van der Waals surface area contributed by atoms with Gasteiger partial charge in [0, 0.05) is 20.0 Å². The van der Waals surface area contributed by atoms with Gasteiger partial charge in [0.25, 0.3) is 0 Å². The van der Waals surface area contributed by atoms with Crippen LogP contribution in [-0.4, -0.2) is 28.9 Å². The van der Waals surface area contributed by atoms with Gasteiger partial charge in [-0.05, 0) is 65.1 Å². The summed E-state index contributed by atoms with van der Waals surface area (Å²) in [4.78, 5) is 25.6. The Morgan fingerprint density at radius 2 is 1.62 bits per heavy atom. The minimum absolute atomic E-state index is 0.197. The third kappa shape index (κ3) is 6.94. The maximum atomic E-state index is 12.4. The van der Waals surface area contributed by atoms with Crippen molar-refractivity contribution >= 4 is 11.9 Å². The van der Waals surface area contributed by atoms with E-state index < -0.39 is 11.9 Å². The van der Waals surface area contributed by atoms with Gasteiger partial charge in [0.05, 0.1) is 5.92 Å². The fourth-order valence-corrected chi connectivity index (χ4v) is 4.18. The van der Waals surface area contributed by atoms with E-state index in [1.165, 1.54) is 16.7 Å². The monoisotopic (exact) mass is 437 g/mol. The number of hydrogen-bond donors (Lipinski definition) is 1. The van der Waals surface area contributed by atoms with Crippen molar-refractivity contribution in [1.29, 1.82) is 0 Å². The molecule has 32 heavy (non-hydrogen) atoms. The zero-order chi connectivity index (χ0) is 23.7. The number of carboxylic acid groups (broad SMARTS) is 1. The Morgan fingerprint density at radius 3 is 2.19 bits per heavy atom. The number of benzene rings is 2. The largest absolute Gasteiger partial charge is 0.481 e. The highest BCUT2D eigenvalue weighted by molar-refractivity contribution is 5.76. The molecular formula is C28H39NO3. The van der Waals surface area contributed by atoms with Crippen LogP contribution in [0.3, 0.4) is 0 Å². The average molecular weight is 438 g/mol. The van der Waals surface area contributed by atoms with Crippen LogP contribution >= 0.6 is 0 Å². The lowest BCUT2D eigenvalue weighted by Crippen LogP contribution is -2.25. The zero-order valence-electron chi connectivity index (χ0n) is 20.4. The van der Waals surface area contributed by atoms with Gasteiger partial charge >= 0.3 is 5.97 Å². The molecule has 0 heterocycles. The van der Waals surface area contributed by atoms with Gasteiger partial charge in [-0.2, -0.15) is 0 Å². The average Bonchev–Trinajstić information content (AvgIpc) is 2.79. The third-order valence-corrected chi connectivity index (χ3v) is 6.23.